The SMILES string of the molecule is COc1cccc(C2(C(=O)Nc3cccc(-c4ccc(CNS(C)(=O)=O)cc4)c3)CC2)c1.[HH].[HH]. The molecule has 170 valence electrons. The molecule has 0 saturated heterocycles. The summed E-state index contributed by atoms with van der Waals surface area (Å²) < 4.78 is 30.3. The first-order valence-electron chi connectivity index (χ1n) is 10.4. The second-order valence-electron chi connectivity index (χ2n) is 8.14. The van der Waals surface area contributed by atoms with Crippen LogP contribution in [-0.4, -0.2) is 27.7 Å². The summed E-state index contributed by atoms with van der Waals surface area (Å²) in [5, 5.41) is 3.08. The molecule has 2 N–H and O–H groups in total. The van der Waals surface area contributed by atoms with E-state index >= 15 is 0 Å². The van der Waals surface area contributed by atoms with Crippen LogP contribution in [0.1, 0.15) is 26.8 Å². The van der Waals surface area contributed by atoms with Crippen molar-refractivity contribution in [2.75, 3.05) is 18.7 Å². The number of amides is 1. The van der Waals surface area contributed by atoms with Crippen LogP contribution in [0, 0.1) is 0 Å². The van der Waals surface area contributed by atoms with E-state index in [1.54, 1.807) is 7.11 Å². The Hall–Kier alpha value is -3.16. The molecular weight excluding hydrogens is 424 g/mol. The first-order chi connectivity index (χ1) is 15.3. The second-order valence-corrected chi connectivity index (χ2v) is 9.97. The van der Waals surface area contributed by atoms with Crippen molar-refractivity contribution in [3.8, 4) is 16.9 Å². The number of carbonyl (C=O) groups excluding carboxylic acids is 1. The molecule has 0 atom stereocenters. The third kappa shape index (κ3) is 5.00. The van der Waals surface area contributed by atoms with E-state index in [2.05, 4.69) is 10.0 Å². The van der Waals surface area contributed by atoms with E-state index in [1.165, 1.54) is 0 Å². The highest BCUT2D eigenvalue weighted by Crippen LogP contribution is 2.49. The van der Waals surface area contributed by atoms with Gasteiger partial charge in [0.25, 0.3) is 0 Å². The second kappa shape index (κ2) is 8.76. The van der Waals surface area contributed by atoms with Gasteiger partial charge in [-0.3, -0.25) is 4.79 Å². The van der Waals surface area contributed by atoms with Crippen molar-refractivity contribution in [3.63, 3.8) is 0 Å². The summed E-state index contributed by atoms with van der Waals surface area (Å²) >= 11 is 0. The van der Waals surface area contributed by atoms with E-state index in [4.69, 9.17) is 4.74 Å². The van der Waals surface area contributed by atoms with Gasteiger partial charge in [0.1, 0.15) is 5.75 Å². The molecule has 0 unspecified atom stereocenters. The Morgan fingerprint density at radius 1 is 1.00 bits per heavy atom. The molecule has 1 fully saturated rings. The highest BCUT2D eigenvalue weighted by molar-refractivity contribution is 7.88. The van der Waals surface area contributed by atoms with Gasteiger partial charge in [0.15, 0.2) is 0 Å². The van der Waals surface area contributed by atoms with Gasteiger partial charge in [-0.1, -0.05) is 48.5 Å². The molecule has 0 spiro atoms. The summed E-state index contributed by atoms with van der Waals surface area (Å²) in [6.07, 6.45) is 2.77. The number of hydrogen-bond donors (Lipinski definition) is 2. The van der Waals surface area contributed by atoms with Crippen molar-refractivity contribution in [1.82, 2.24) is 4.72 Å². The van der Waals surface area contributed by atoms with Crippen molar-refractivity contribution in [2.24, 2.45) is 0 Å². The Morgan fingerprint density at radius 2 is 1.72 bits per heavy atom. The normalized spacial score (nSPS) is 14.6. The van der Waals surface area contributed by atoms with Crippen LogP contribution < -0.4 is 14.8 Å². The largest absolute Gasteiger partial charge is 0.497 e. The minimum absolute atomic E-state index is 0. The molecule has 32 heavy (non-hydrogen) atoms. The average molecular weight is 455 g/mol. The van der Waals surface area contributed by atoms with Crippen LogP contribution in [0.15, 0.2) is 72.8 Å². The van der Waals surface area contributed by atoms with E-state index in [9.17, 15) is 13.2 Å². The molecule has 7 heteroatoms. The first kappa shape index (κ1) is 22.0. The molecule has 3 aromatic carbocycles. The van der Waals surface area contributed by atoms with Gasteiger partial charge < -0.3 is 10.1 Å². The third-order valence-electron chi connectivity index (χ3n) is 5.75. The van der Waals surface area contributed by atoms with Crippen LogP contribution in [0.2, 0.25) is 0 Å². The number of nitrogens with one attached hydrogen (secondary N) is 2. The van der Waals surface area contributed by atoms with Crippen LogP contribution >= 0.6 is 0 Å². The molecule has 1 amide bonds. The molecule has 0 heterocycles. The van der Waals surface area contributed by atoms with E-state index in [-0.39, 0.29) is 15.3 Å². The van der Waals surface area contributed by atoms with Gasteiger partial charge >= 0.3 is 0 Å². The maximum atomic E-state index is 13.1. The quantitative estimate of drug-likeness (QED) is 0.522. The lowest BCUT2D eigenvalue weighted by molar-refractivity contribution is -0.118. The lowest BCUT2D eigenvalue weighted by Gasteiger charge is -2.17. The van der Waals surface area contributed by atoms with Gasteiger partial charge in [0.2, 0.25) is 15.9 Å². The number of benzene rings is 3. The highest BCUT2D eigenvalue weighted by Gasteiger charge is 2.51. The van der Waals surface area contributed by atoms with Gasteiger partial charge in [-0.25, -0.2) is 13.1 Å². The minimum atomic E-state index is -3.23. The summed E-state index contributed by atoms with van der Waals surface area (Å²) in [5.41, 5.74) is 4.04. The maximum absolute atomic E-state index is 13.1. The molecule has 6 nitrogen and oxygen atoms in total. The average Bonchev–Trinajstić information content (AvgIpc) is 3.60. The molecule has 3 aromatic rings. The van der Waals surface area contributed by atoms with Crippen molar-refractivity contribution in [2.45, 2.75) is 24.8 Å². The molecule has 0 aliphatic heterocycles. The smallest absolute Gasteiger partial charge is 0.235 e. The van der Waals surface area contributed by atoms with Crippen molar-refractivity contribution in [1.29, 1.82) is 0 Å². The highest BCUT2D eigenvalue weighted by atomic mass is 32.2. The summed E-state index contributed by atoms with van der Waals surface area (Å²) in [7, 11) is -1.61. The van der Waals surface area contributed by atoms with Crippen molar-refractivity contribution in [3.05, 3.63) is 83.9 Å². The van der Waals surface area contributed by atoms with Crippen LogP contribution in [-0.2, 0) is 26.8 Å². The van der Waals surface area contributed by atoms with Crippen molar-refractivity contribution < 1.29 is 20.8 Å². The summed E-state index contributed by atoms with van der Waals surface area (Å²) in [4.78, 5) is 13.1. The number of carbonyl (C=O) groups is 1. The Kier molecular flexibility index (Phi) is 6.04. The number of hydrogen-bond acceptors (Lipinski definition) is 4. The van der Waals surface area contributed by atoms with Crippen LogP contribution in [0.25, 0.3) is 11.1 Å². The zero-order chi connectivity index (χ0) is 22.8. The van der Waals surface area contributed by atoms with E-state index < -0.39 is 15.4 Å². The predicted molar refractivity (Wildman–Crippen MR) is 130 cm³/mol. The Bertz CT molecular complexity index is 1240. The molecule has 1 saturated carbocycles. The van der Waals surface area contributed by atoms with Gasteiger partial charge in [-0.2, -0.15) is 0 Å². The zero-order valence-electron chi connectivity index (χ0n) is 18.1. The van der Waals surface area contributed by atoms with Gasteiger partial charge in [0.05, 0.1) is 18.8 Å². The van der Waals surface area contributed by atoms with E-state index in [1.807, 2.05) is 72.8 Å². The lowest BCUT2D eigenvalue weighted by atomic mass is 9.94. The Morgan fingerprint density at radius 3 is 2.38 bits per heavy atom. The number of methoxy groups -OCH3 is 1. The summed E-state index contributed by atoms with van der Waals surface area (Å²) in [6, 6.07) is 23.1. The van der Waals surface area contributed by atoms with Crippen LogP contribution in [0.4, 0.5) is 5.69 Å². The fourth-order valence-corrected chi connectivity index (χ4v) is 4.18. The number of anilines is 1. The Balaban J connectivity index is 0.00000204. The topological polar surface area (TPSA) is 84.5 Å². The minimum Gasteiger partial charge on any atom is -0.497 e. The zero-order valence-corrected chi connectivity index (χ0v) is 18.9. The molecule has 1 aliphatic carbocycles. The fourth-order valence-electron chi connectivity index (χ4n) is 3.75. The maximum Gasteiger partial charge on any atom is 0.235 e. The molecule has 1 aliphatic rings. The van der Waals surface area contributed by atoms with E-state index in [0.717, 1.165) is 52.8 Å². The summed E-state index contributed by atoms with van der Waals surface area (Å²) in [5.74, 6) is 0.740. The van der Waals surface area contributed by atoms with Crippen LogP contribution in [0.5, 0.6) is 5.75 Å². The molecule has 0 bridgehead atoms. The van der Waals surface area contributed by atoms with Gasteiger partial charge in [-0.05, 0) is 59.4 Å². The number of ether oxygens (including phenoxy) is 1. The monoisotopic (exact) mass is 454 g/mol. The predicted octanol–water partition coefficient (Wildman–Crippen LogP) is 4.57. The number of sulfonamides is 1. The third-order valence-corrected chi connectivity index (χ3v) is 6.42. The van der Waals surface area contributed by atoms with Crippen molar-refractivity contribution >= 4 is 21.6 Å². The lowest BCUT2D eigenvalue weighted by Crippen LogP contribution is -2.27. The molecule has 0 aromatic heterocycles. The number of rotatable bonds is 8. The van der Waals surface area contributed by atoms with Crippen LogP contribution in [0.3, 0.4) is 0 Å². The fraction of sp³-hybridized carbons (Fsp3) is 0.240. The Labute approximate surface area is 191 Å². The van der Waals surface area contributed by atoms with E-state index in [0.29, 0.717) is 0 Å². The molecule has 4 rings (SSSR count). The first-order valence-corrected chi connectivity index (χ1v) is 12.3. The molecular formula is C25H30N2O4S. The van der Waals surface area contributed by atoms with Gasteiger partial charge in [-0.15, -0.1) is 0 Å². The standard InChI is InChI=1S/C25H26N2O4S.2H2/c1-31-23-8-4-6-21(16-23)25(13-14-25)24(28)27-22-7-3-5-20(15-22)19-11-9-18(10-12-19)17-26-32(2,29)30;;/h3-12,15-16,26H,13-14,17H2,1-2H3,(H,27,28);2*1H. The molecule has 0 radical (unpaired) electrons. The van der Waals surface area contributed by atoms with Gasteiger partial charge in [0, 0.05) is 15.1 Å². The summed E-state index contributed by atoms with van der Waals surface area (Å²) in [6.45, 7) is 0.252.